The van der Waals surface area contributed by atoms with Crippen molar-refractivity contribution < 1.29 is 62.5 Å². The maximum absolute atomic E-state index is 13.4. The molecule has 1 aromatic heterocycles. The Kier molecular flexibility index (Phi) is 27.3. The van der Waals surface area contributed by atoms with Gasteiger partial charge in [-0.3, -0.25) is 4.79 Å². The number of unbranched alkanes of at least 4 members (excludes halogenated alkanes) is 16. The molecule has 412 valence electrons. The van der Waals surface area contributed by atoms with Crippen LogP contribution in [-0.4, -0.2) is 93.6 Å². The van der Waals surface area contributed by atoms with E-state index in [1.54, 1.807) is 45.0 Å². The Morgan fingerprint density at radius 1 is 0.440 bits per heavy atom. The van der Waals surface area contributed by atoms with Crippen LogP contribution in [0.5, 0.6) is 34.5 Å². The van der Waals surface area contributed by atoms with Crippen LogP contribution in [-0.2, 0) is 33.4 Å². The van der Waals surface area contributed by atoms with Gasteiger partial charge in [-0.05, 0) is 83.4 Å². The topological polar surface area (TPSA) is 212 Å². The number of Topliss-reactive ketones (excluding diaryl/α,β-unsaturated/α-hetero) is 1. The lowest BCUT2D eigenvalue weighted by molar-refractivity contribution is -0.151. The van der Waals surface area contributed by atoms with E-state index in [0.29, 0.717) is 12.8 Å². The fourth-order valence-corrected chi connectivity index (χ4v) is 8.13. The monoisotopic (exact) mass is 1040 g/mol. The first-order valence-electron chi connectivity index (χ1n) is 27.4. The summed E-state index contributed by atoms with van der Waals surface area (Å²) in [7, 11) is 1.24. The summed E-state index contributed by atoms with van der Waals surface area (Å²) in [4.78, 5) is 65.9. The highest BCUT2D eigenvalue weighted by Crippen LogP contribution is 2.39. The molecule has 0 aliphatic rings. The normalized spacial score (nSPS) is 12.7. The molecule has 0 saturated carbocycles. The van der Waals surface area contributed by atoms with Gasteiger partial charge in [0.2, 0.25) is 0 Å². The lowest BCUT2D eigenvalue weighted by atomic mass is 10.1. The van der Waals surface area contributed by atoms with E-state index in [9.17, 15) is 29.4 Å². The molecule has 4 aromatic rings. The van der Waals surface area contributed by atoms with Crippen LogP contribution in [0.15, 0.2) is 54.6 Å². The van der Waals surface area contributed by atoms with E-state index in [1.165, 1.54) is 70.0 Å². The van der Waals surface area contributed by atoms with Crippen LogP contribution in [0.4, 0.5) is 0 Å². The maximum Gasteiger partial charge on any atom is 0.347 e. The van der Waals surface area contributed by atoms with Crippen molar-refractivity contribution in [2.75, 3.05) is 20.3 Å². The third-order valence-corrected chi connectivity index (χ3v) is 12.7. The zero-order valence-electron chi connectivity index (χ0n) is 45.8. The summed E-state index contributed by atoms with van der Waals surface area (Å²) in [5, 5.41) is 23.0. The third-order valence-electron chi connectivity index (χ3n) is 12.7. The Bertz CT molecular complexity index is 2390. The molecule has 4 unspecified atom stereocenters. The van der Waals surface area contributed by atoms with Gasteiger partial charge in [0.1, 0.15) is 34.5 Å². The molecule has 0 aliphatic heterocycles. The highest BCUT2D eigenvalue weighted by atomic mass is 16.6. The predicted octanol–water partition coefficient (Wildman–Crippen LogP) is 13.0. The van der Waals surface area contributed by atoms with Gasteiger partial charge in [-0.2, -0.15) is 0 Å². The van der Waals surface area contributed by atoms with Gasteiger partial charge in [-0.1, -0.05) is 124 Å². The number of methoxy groups -OCH3 is 1. The first-order chi connectivity index (χ1) is 36.2. The van der Waals surface area contributed by atoms with Crippen molar-refractivity contribution in [3.8, 4) is 68.7 Å². The summed E-state index contributed by atoms with van der Waals surface area (Å²) >= 11 is 0. The number of ketones is 1. The van der Waals surface area contributed by atoms with Crippen molar-refractivity contribution in [2.24, 2.45) is 0 Å². The lowest BCUT2D eigenvalue weighted by Crippen LogP contribution is -2.27. The van der Waals surface area contributed by atoms with Crippen LogP contribution in [0.2, 0.25) is 0 Å². The quantitative estimate of drug-likeness (QED) is 0.0244. The smallest absolute Gasteiger partial charge is 0.347 e. The van der Waals surface area contributed by atoms with Crippen LogP contribution in [0.3, 0.4) is 0 Å². The van der Waals surface area contributed by atoms with Crippen molar-refractivity contribution in [1.29, 1.82) is 0 Å². The number of carbonyl (C=O) groups excluding carboxylic acids is 4. The second kappa shape index (κ2) is 33.5. The number of rotatable bonds is 37. The number of carbonyl (C=O) groups is 4. The van der Waals surface area contributed by atoms with E-state index >= 15 is 0 Å². The molecule has 0 radical (unpaired) electrons. The summed E-state index contributed by atoms with van der Waals surface area (Å²) in [5.41, 5.74) is 0.538. The third kappa shape index (κ3) is 21.0. The molecule has 3 aromatic carbocycles. The van der Waals surface area contributed by atoms with E-state index in [-0.39, 0.29) is 87.7 Å². The molecule has 0 bridgehead atoms. The lowest BCUT2D eigenvalue weighted by Gasteiger charge is -2.19. The van der Waals surface area contributed by atoms with E-state index in [2.05, 4.69) is 20.8 Å². The molecule has 0 amide bonds. The molecule has 16 nitrogen and oxygen atoms in total. The highest BCUT2D eigenvalue weighted by Gasteiger charge is 2.26. The van der Waals surface area contributed by atoms with Crippen LogP contribution in [0, 0.1) is 0 Å². The zero-order valence-corrected chi connectivity index (χ0v) is 45.8. The fourth-order valence-electron chi connectivity index (χ4n) is 8.13. The van der Waals surface area contributed by atoms with Gasteiger partial charge in [0, 0.05) is 24.6 Å². The Labute approximate surface area is 444 Å². The number of hydrogen-bond donors (Lipinski definition) is 2. The minimum absolute atomic E-state index is 0.000981. The highest BCUT2D eigenvalue weighted by molar-refractivity contribution is 5.83. The van der Waals surface area contributed by atoms with Gasteiger partial charge in [-0.25, -0.2) is 29.3 Å². The predicted molar refractivity (Wildman–Crippen MR) is 288 cm³/mol. The number of ether oxygens (including phenoxy) is 7. The molecular weight excluding hydrogens is 959 g/mol. The Morgan fingerprint density at radius 2 is 0.800 bits per heavy atom. The van der Waals surface area contributed by atoms with E-state index < -0.39 is 42.3 Å². The molecule has 0 spiro atoms. The van der Waals surface area contributed by atoms with E-state index in [0.717, 1.165) is 89.9 Å². The fraction of sp³-hybridized carbons (Fsp3) is 0.576. The van der Waals surface area contributed by atoms with Crippen LogP contribution < -0.4 is 18.9 Å². The van der Waals surface area contributed by atoms with E-state index in [4.69, 9.17) is 48.1 Å². The number of aromatic hydroxyl groups is 2. The first-order valence-corrected chi connectivity index (χ1v) is 27.4. The molecule has 0 aliphatic carbocycles. The van der Waals surface area contributed by atoms with Crippen molar-refractivity contribution in [1.82, 2.24) is 15.0 Å². The standard InChI is InChI=1S/C59H83N3O13/c1-9-12-15-18-21-22-25-28-50(63)40(4)72-44-29-32-47(51(64)37-44)54-60-55(48-33-30-45(38-52(48)65)73-41(5)57(66)69-8)62-56(61-54)49-34-31-46(74-42(6)58(67)70-35-26-23-19-16-13-10-2)39-53(49)75-43(7)59(68)71-36-27-24-20-17-14-11-3/h29-34,37-43,64-65H,9-28,35-36H2,1-8H3. The maximum atomic E-state index is 13.4. The van der Waals surface area contributed by atoms with Gasteiger partial charge in [0.25, 0.3) is 0 Å². The Morgan fingerprint density at radius 3 is 1.24 bits per heavy atom. The number of phenolic OH excluding ortho intramolecular Hbond substituents is 2. The average Bonchev–Trinajstić information content (AvgIpc) is 3.39. The number of phenols is 2. The van der Waals surface area contributed by atoms with Crippen molar-refractivity contribution in [3.05, 3.63) is 54.6 Å². The SMILES string of the molecule is CCCCCCCCCC(=O)C(C)Oc1ccc(-c2nc(-c3ccc(OC(C)C(=O)OC)cc3O)nc(-c3ccc(OC(C)C(=O)OCCCCCCCC)cc3OC(C)C(=O)OCCCCCCCC)n2)c(O)c1. The number of aromatic nitrogens is 3. The van der Waals surface area contributed by atoms with E-state index in [1.807, 2.05) is 0 Å². The molecule has 4 atom stereocenters. The second-order valence-electron chi connectivity index (χ2n) is 19.1. The Balaban J connectivity index is 1.72. The molecule has 16 heteroatoms. The van der Waals surface area contributed by atoms with Gasteiger partial charge < -0.3 is 43.4 Å². The average molecular weight is 1040 g/mol. The van der Waals surface area contributed by atoms with Crippen molar-refractivity contribution in [3.63, 3.8) is 0 Å². The van der Waals surface area contributed by atoms with Crippen LogP contribution >= 0.6 is 0 Å². The second-order valence-corrected chi connectivity index (χ2v) is 19.1. The van der Waals surface area contributed by atoms with Crippen molar-refractivity contribution >= 4 is 23.7 Å². The minimum Gasteiger partial charge on any atom is -0.507 e. The van der Waals surface area contributed by atoms with Gasteiger partial charge in [-0.15, -0.1) is 0 Å². The number of nitrogens with zero attached hydrogens (tertiary/aromatic N) is 3. The summed E-state index contributed by atoms with van der Waals surface area (Å²) in [6.07, 6.45) is 16.5. The number of benzene rings is 3. The molecule has 0 saturated heterocycles. The van der Waals surface area contributed by atoms with Crippen molar-refractivity contribution in [2.45, 2.75) is 201 Å². The molecule has 4 rings (SSSR count). The molecule has 1 heterocycles. The largest absolute Gasteiger partial charge is 0.507 e. The zero-order chi connectivity index (χ0) is 54.5. The first kappa shape index (κ1) is 61.1. The Hall–Kier alpha value is -6.45. The number of esters is 3. The summed E-state index contributed by atoms with van der Waals surface area (Å²) in [6.45, 7) is 13.3. The number of hydrogen-bond acceptors (Lipinski definition) is 16. The molecule has 2 N–H and O–H groups in total. The molecule has 0 fully saturated rings. The minimum atomic E-state index is -1.12. The summed E-state index contributed by atoms with van der Waals surface area (Å²) < 4.78 is 40.1. The summed E-state index contributed by atoms with van der Waals surface area (Å²) in [6, 6.07) is 13.6. The molecular formula is C59H83N3O13. The van der Waals surface area contributed by atoms with Gasteiger partial charge in [0.15, 0.2) is 47.7 Å². The van der Waals surface area contributed by atoms with Crippen LogP contribution in [0.25, 0.3) is 34.2 Å². The molecule has 75 heavy (non-hydrogen) atoms. The van der Waals surface area contributed by atoms with Gasteiger partial charge >= 0.3 is 17.9 Å². The van der Waals surface area contributed by atoms with Crippen LogP contribution in [0.1, 0.15) is 177 Å². The van der Waals surface area contributed by atoms with Gasteiger partial charge in [0.05, 0.1) is 37.0 Å². The summed E-state index contributed by atoms with van der Waals surface area (Å²) in [5.74, 6) is -1.71.